The molecule has 0 amide bonds. The second-order valence-corrected chi connectivity index (χ2v) is 5.90. The lowest BCUT2D eigenvalue weighted by atomic mass is 10.1. The summed E-state index contributed by atoms with van der Waals surface area (Å²) < 4.78 is 14.2. The van der Waals surface area contributed by atoms with Crippen molar-refractivity contribution in [3.05, 3.63) is 28.0 Å². The zero-order chi connectivity index (χ0) is 15.1. The third kappa shape index (κ3) is 8.32. The lowest BCUT2D eigenvalue weighted by Gasteiger charge is -2.21. The van der Waals surface area contributed by atoms with E-state index in [-0.39, 0.29) is 0 Å². The third-order valence-corrected chi connectivity index (χ3v) is 3.13. The van der Waals surface area contributed by atoms with Gasteiger partial charge in [0, 0.05) is 18.8 Å². The van der Waals surface area contributed by atoms with E-state index in [0.29, 0.717) is 6.42 Å². The quantitative estimate of drug-likeness (QED) is 0.723. The molecule has 0 aliphatic carbocycles. The molecule has 1 aromatic heterocycles. The van der Waals surface area contributed by atoms with E-state index < -0.39 is 5.67 Å². The number of rotatable bonds is 5. The second kappa shape index (κ2) is 8.64. The topological polar surface area (TPSA) is 16.1 Å². The smallest absolute Gasteiger partial charge is 0.106 e. The van der Waals surface area contributed by atoms with E-state index in [0.717, 1.165) is 23.4 Å². The molecule has 0 radical (unpaired) electrons. The summed E-state index contributed by atoms with van der Waals surface area (Å²) in [5, 5.41) is 0. The number of aromatic nitrogens is 1. The summed E-state index contributed by atoms with van der Waals surface area (Å²) in [7, 11) is 2.01. The average molecular weight is 333 g/mol. The lowest BCUT2D eigenvalue weighted by Crippen LogP contribution is -2.25. The fourth-order valence-electron chi connectivity index (χ4n) is 1.55. The summed E-state index contributed by atoms with van der Waals surface area (Å²) in [5.41, 5.74) is 1.11. The van der Waals surface area contributed by atoms with Crippen molar-refractivity contribution < 1.29 is 4.39 Å². The Balaban J connectivity index is 0.00000154. The van der Waals surface area contributed by atoms with Crippen molar-refractivity contribution in [2.45, 2.75) is 53.3 Å². The molecule has 0 aliphatic rings. The molecule has 0 saturated heterocycles. The molecule has 19 heavy (non-hydrogen) atoms. The van der Waals surface area contributed by atoms with E-state index in [1.54, 1.807) is 13.8 Å². The van der Waals surface area contributed by atoms with Crippen LogP contribution in [0, 0.1) is 6.92 Å². The molecule has 1 heterocycles. The van der Waals surface area contributed by atoms with Gasteiger partial charge in [-0.2, -0.15) is 0 Å². The largest absolute Gasteiger partial charge is 0.302 e. The average Bonchev–Trinajstić information content (AvgIpc) is 2.32. The van der Waals surface area contributed by atoms with E-state index in [1.807, 2.05) is 33.9 Å². The molecule has 0 N–H and O–H groups in total. The lowest BCUT2D eigenvalue weighted by molar-refractivity contribution is 0.170. The van der Waals surface area contributed by atoms with Crippen LogP contribution in [0.3, 0.4) is 0 Å². The van der Waals surface area contributed by atoms with Gasteiger partial charge >= 0.3 is 0 Å². The number of hydrogen-bond acceptors (Lipinski definition) is 2. The van der Waals surface area contributed by atoms with Crippen LogP contribution in [-0.2, 0) is 6.54 Å². The van der Waals surface area contributed by atoms with Crippen LogP contribution in [0.1, 0.15) is 45.4 Å². The van der Waals surface area contributed by atoms with Crippen LogP contribution < -0.4 is 0 Å². The Morgan fingerprint density at radius 1 is 1.32 bits per heavy atom. The van der Waals surface area contributed by atoms with Crippen LogP contribution in [0.4, 0.5) is 4.39 Å². The molecule has 1 rings (SSSR count). The summed E-state index contributed by atoms with van der Waals surface area (Å²) in [6, 6.07) is 4.00. The van der Waals surface area contributed by atoms with Crippen LogP contribution in [0.15, 0.2) is 16.7 Å². The molecule has 0 aromatic carbocycles. The first-order valence-electron chi connectivity index (χ1n) is 6.77. The van der Waals surface area contributed by atoms with Crippen molar-refractivity contribution in [3.63, 3.8) is 0 Å². The van der Waals surface area contributed by atoms with Crippen molar-refractivity contribution in [1.82, 2.24) is 9.88 Å². The monoisotopic (exact) mass is 332 g/mol. The molecule has 110 valence electrons. The fourth-order valence-corrected chi connectivity index (χ4v) is 1.95. The second-order valence-electron chi connectivity index (χ2n) is 5.08. The maximum atomic E-state index is 13.4. The molecule has 0 saturated carbocycles. The van der Waals surface area contributed by atoms with Crippen molar-refractivity contribution in [1.29, 1.82) is 0 Å². The highest BCUT2D eigenvalue weighted by Crippen LogP contribution is 2.16. The van der Waals surface area contributed by atoms with Crippen LogP contribution in [0.2, 0.25) is 0 Å². The van der Waals surface area contributed by atoms with Gasteiger partial charge in [0.1, 0.15) is 10.3 Å². The Bertz CT molecular complexity index is 375. The summed E-state index contributed by atoms with van der Waals surface area (Å²) in [6.07, 6.45) is 0.548. The first kappa shape index (κ1) is 18.5. The molecule has 0 spiro atoms. The Morgan fingerprint density at radius 2 is 1.89 bits per heavy atom. The Hall–Kier alpha value is -0.480. The number of aryl methyl sites for hydroxylation is 1. The SMILES string of the molecule is CC.Cc1nc(Br)ccc1CN(C)CCC(C)(C)F. The van der Waals surface area contributed by atoms with Crippen LogP contribution >= 0.6 is 15.9 Å². The van der Waals surface area contributed by atoms with Gasteiger partial charge in [0.15, 0.2) is 0 Å². The molecule has 4 heteroatoms. The molecule has 0 fully saturated rings. The van der Waals surface area contributed by atoms with Gasteiger partial charge in [-0.15, -0.1) is 0 Å². The van der Waals surface area contributed by atoms with Gasteiger partial charge in [0.2, 0.25) is 0 Å². The van der Waals surface area contributed by atoms with Crippen LogP contribution in [0.25, 0.3) is 0 Å². The summed E-state index contributed by atoms with van der Waals surface area (Å²) in [6.45, 7) is 10.8. The number of alkyl halides is 1. The molecular weight excluding hydrogens is 307 g/mol. The van der Waals surface area contributed by atoms with Gasteiger partial charge in [-0.05, 0) is 61.8 Å². The number of halogens is 2. The number of nitrogens with zero attached hydrogens (tertiary/aromatic N) is 2. The molecular formula is C15H26BrFN2. The zero-order valence-corrected chi connectivity index (χ0v) is 14.5. The van der Waals surface area contributed by atoms with E-state index in [4.69, 9.17) is 0 Å². The van der Waals surface area contributed by atoms with Crippen LogP contribution in [0.5, 0.6) is 0 Å². The molecule has 0 bridgehead atoms. The van der Waals surface area contributed by atoms with E-state index in [9.17, 15) is 4.39 Å². The first-order chi connectivity index (χ1) is 8.78. The number of pyridine rings is 1. The van der Waals surface area contributed by atoms with Gasteiger partial charge in [-0.1, -0.05) is 19.9 Å². The summed E-state index contributed by atoms with van der Waals surface area (Å²) in [4.78, 5) is 6.48. The molecule has 0 aliphatic heterocycles. The Morgan fingerprint density at radius 3 is 2.37 bits per heavy atom. The predicted molar refractivity (Wildman–Crippen MR) is 84.2 cm³/mol. The van der Waals surface area contributed by atoms with Crippen LogP contribution in [-0.4, -0.2) is 29.1 Å². The van der Waals surface area contributed by atoms with Crippen molar-refractivity contribution in [2.75, 3.05) is 13.6 Å². The normalized spacial score (nSPS) is 11.2. The van der Waals surface area contributed by atoms with Crippen molar-refractivity contribution >= 4 is 15.9 Å². The fraction of sp³-hybridized carbons (Fsp3) is 0.667. The highest BCUT2D eigenvalue weighted by atomic mass is 79.9. The standard InChI is InChI=1S/C13H20BrFN2.C2H6/c1-10-11(5-6-12(14)16-10)9-17(4)8-7-13(2,3)15;1-2/h5-6H,7-9H2,1-4H3;1-2H3. The van der Waals surface area contributed by atoms with Crippen molar-refractivity contribution in [2.24, 2.45) is 0 Å². The van der Waals surface area contributed by atoms with Gasteiger partial charge in [-0.25, -0.2) is 9.37 Å². The minimum atomic E-state index is -1.10. The maximum Gasteiger partial charge on any atom is 0.106 e. The van der Waals surface area contributed by atoms with E-state index >= 15 is 0 Å². The molecule has 0 atom stereocenters. The van der Waals surface area contributed by atoms with Gasteiger partial charge in [0.25, 0.3) is 0 Å². The minimum Gasteiger partial charge on any atom is -0.302 e. The summed E-state index contributed by atoms with van der Waals surface area (Å²) in [5.74, 6) is 0. The highest BCUT2D eigenvalue weighted by molar-refractivity contribution is 9.10. The van der Waals surface area contributed by atoms with Gasteiger partial charge < -0.3 is 4.90 Å². The van der Waals surface area contributed by atoms with Crippen molar-refractivity contribution in [3.8, 4) is 0 Å². The first-order valence-corrected chi connectivity index (χ1v) is 7.57. The van der Waals surface area contributed by atoms with Gasteiger partial charge in [-0.3, -0.25) is 0 Å². The van der Waals surface area contributed by atoms with Gasteiger partial charge in [0.05, 0.1) is 0 Å². The Kier molecular flexibility index (Phi) is 8.42. The van der Waals surface area contributed by atoms with E-state index in [2.05, 4.69) is 31.9 Å². The third-order valence-electron chi connectivity index (χ3n) is 2.69. The van der Waals surface area contributed by atoms with E-state index in [1.165, 1.54) is 5.56 Å². The number of hydrogen-bond donors (Lipinski definition) is 0. The highest BCUT2D eigenvalue weighted by Gasteiger charge is 2.16. The Labute approximate surface area is 125 Å². The molecule has 0 unspecified atom stereocenters. The molecule has 2 nitrogen and oxygen atoms in total. The maximum absolute atomic E-state index is 13.4. The predicted octanol–water partition coefficient (Wildman–Crippen LogP) is 4.75. The molecule has 1 aromatic rings. The zero-order valence-electron chi connectivity index (χ0n) is 12.9. The minimum absolute atomic E-state index is 0.548. The summed E-state index contributed by atoms with van der Waals surface area (Å²) >= 11 is 3.35.